The molecule has 3 aromatic rings. The molecule has 138 valence electrons. The normalized spacial score (nSPS) is 19.6. The van der Waals surface area contributed by atoms with Crippen LogP contribution in [0.5, 0.6) is 0 Å². The Hall–Kier alpha value is -2.99. The third-order valence-corrected chi connectivity index (χ3v) is 5.42. The van der Waals surface area contributed by atoms with Crippen molar-refractivity contribution in [3.8, 4) is 0 Å². The summed E-state index contributed by atoms with van der Waals surface area (Å²) in [7, 11) is 1.75. The van der Waals surface area contributed by atoms with Gasteiger partial charge in [-0.05, 0) is 30.2 Å². The van der Waals surface area contributed by atoms with E-state index in [1.807, 2.05) is 30.3 Å². The van der Waals surface area contributed by atoms with Crippen LogP contribution in [-0.4, -0.2) is 40.2 Å². The topological polar surface area (TPSA) is 81.2 Å². The summed E-state index contributed by atoms with van der Waals surface area (Å²) in [5.74, 6) is 0.0170. The summed E-state index contributed by atoms with van der Waals surface area (Å²) < 4.78 is 1.59. The number of carbonyl (C=O) groups excluding carboxylic acids is 1. The highest BCUT2D eigenvalue weighted by Crippen LogP contribution is 2.32. The quantitative estimate of drug-likeness (QED) is 0.770. The SMILES string of the molecule is Cn1nc(C(=O)N2C[C@@H](CN)[C@H](c3ccccc3)C2)c(=O)c2ccccc21. The van der Waals surface area contributed by atoms with Crippen LogP contribution in [0.2, 0.25) is 0 Å². The standard InChI is InChI=1S/C21H22N4O2/c1-24-18-10-6-5-9-16(18)20(26)19(23-24)21(27)25-12-15(11-22)17(13-25)14-7-3-2-4-8-14/h2-10,15,17H,11-13,22H2,1H3/t15-,17+/m1/s1. The largest absolute Gasteiger partial charge is 0.336 e. The Balaban J connectivity index is 1.69. The lowest BCUT2D eigenvalue weighted by Crippen LogP contribution is -2.35. The first-order valence-electron chi connectivity index (χ1n) is 9.10. The van der Waals surface area contributed by atoms with Gasteiger partial charge in [0, 0.05) is 31.4 Å². The van der Waals surface area contributed by atoms with E-state index in [0.717, 1.165) is 0 Å². The van der Waals surface area contributed by atoms with Crippen molar-refractivity contribution < 1.29 is 4.79 Å². The molecule has 0 bridgehead atoms. The zero-order chi connectivity index (χ0) is 19.0. The number of nitrogens with zero attached hydrogens (tertiary/aromatic N) is 3. The number of hydrogen-bond donors (Lipinski definition) is 1. The van der Waals surface area contributed by atoms with E-state index in [1.54, 1.807) is 28.8 Å². The molecule has 0 radical (unpaired) electrons. The van der Waals surface area contributed by atoms with Gasteiger partial charge in [0.15, 0.2) is 5.69 Å². The summed E-state index contributed by atoms with van der Waals surface area (Å²) in [4.78, 5) is 27.7. The predicted octanol–water partition coefficient (Wildman–Crippen LogP) is 1.75. The monoisotopic (exact) mass is 362 g/mol. The molecule has 2 aromatic carbocycles. The molecule has 6 heteroatoms. The summed E-state index contributed by atoms with van der Waals surface area (Å²) in [6.07, 6.45) is 0. The molecule has 1 aliphatic heterocycles. The number of carbonyl (C=O) groups is 1. The van der Waals surface area contributed by atoms with E-state index in [4.69, 9.17) is 5.73 Å². The predicted molar refractivity (Wildman–Crippen MR) is 105 cm³/mol. The molecule has 0 unspecified atom stereocenters. The molecule has 1 saturated heterocycles. The van der Waals surface area contributed by atoms with E-state index in [-0.39, 0.29) is 28.9 Å². The van der Waals surface area contributed by atoms with Crippen LogP contribution < -0.4 is 11.2 Å². The van der Waals surface area contributed by atoms with Crippen molar-refractivity contribution in [1.29, 1.82) is 0 Å². The van der Waals surface area contributed by atoms with E-state index in [2.05, 4.69) is 17.2 Å². The lowest BCUT2D eigenvalue weighted by molar-refractivity contribution is 0.0777. The molecule has 0 spiro atoms. The fourth-order valence-electron chi connectivity index (χ4n) is 3.97. The molecule has 0 saturated carbocycles. The van der Waals surface area contributed by atoms with Crippen molar-refractivity contribution in [2.45, 2.75) is 5.92 Å². The Bertz CT molecular complexity index is 1040. The van der Waals surface area contributed by atoms with Crippen LogP contribution in [0.4, 0.5) is 0 Å². The Kier molecular flexibility index (Phi) is 4.49. The summed E-state index contributed by atoms with van der Waals surface area (Å²) >= 11 is 0. The van der Waals surface area contributed by atoms with E-state index in [9.17, 15) is 9.59 Å². The van der Waals surface area contributed by atoms with Crippen molar-refractivity contribution in [2.75, 3.05) is 19.6 Å². The number of para-hydroxylation sites is 1. The van der Waals surface area contributed by atoms with Crippen molar-refractivity contribution in [2.24, 2.45) is 18.7 Å². The fraction of sp³-hybridized carbons (Fsp3) is 0.286. The Morgan fingerprint density at radius 2 is 1.81 bits per heavy atom. The first-order valence-corrected chi connectivity index (χ1v) is 9.10. The van der Waals surface area contributed by atoms with Crippen LogP contribution in [0.3, 0.4) is 0 Å². The molecule has 0 aliphatic carbocycles. The van der Waals surface area contributed by atoms with Gasteiger partial charge in [-0.2, -0.15) is 5.10 Å². The second kappa shape index (κ2) is 6.96. The second-order valence-electron chi connectivity index (χ2n) is 7.04. The molecule has 4 rings (SSSR count). The average Bonchev–Trinajstić information content (AvgIpc) is 3.15. The molecule has 2 N–H and O–H groups in total. The number of likely N-dealkylation sites (tertiary alicyclic amines) is 1. The number of fused-ring (bicyclic) bond motifs is 1. The number of hydrogen-bond acceptors (Lipinski definition) is 4. The number of amides is 1. The number of aromatic nitrogens is 2. The molecule has 2 atom stereocenters. The minimum Gasteiger partial charge on any atom is -0.336 e. The van der Waals surface area contributed by atoms with Crippen molar-refractivity contribution in [3.63, 3.8) is 0 Å². The van der Waals surface area contributed by atoms with Crippen LogP contribution in [0.25, 0.3) is 10.9 Å². The van der Waals surface area contributed by atoms with Gasteiger partial charge in [0.25, 0.3) is 5.91 Å². The molecule has 1 fully saturated rings. The summed E-state index contributed by atoms with van der Waals surface area (Å²) in [6.45, 7) is 1.57. The third kappa shape index (κ3) is 3.02. The first kappa shape index (κ1) is 17.4. The van der Waals surface area contributed by atoms with Gasteiger partial charge in [0.05, 0.1) is 5.52 Å². The first-order chi connectivity index (χ1) is 13.1. The highest BCUT2D eigenvalue weighted by Gasteiger charge is 2.37. The molecule has 2 heterocycles. The van der Waals surface area contributed by atoms with Gasteiger partial charge in [0.1, 0.15) is 0 Å². The summed E-state index contributed by atoms with van der Waals surface area (Å²) in [5, 5.41) is 4.78. The Labute approximate surface area is 157 Å². The number of benzene rings is 2. The van der Waals surface area contributed by atoms with Gasteiger partial charge in [-0.25, -0.2) is 0 Å². The minimum atomic E-state index is -0.321. The summed E-state index contributed by atoms with van der Waals surface area (Å²) in [5.41, 5.74) is 7.51. The molecule has 6 nitrogen and oxygen atoms in total. The van der Waals surface area contributed by atoms with Crippen LogP contribution in [0, 0.1) is 5.92 Å². The number of nitrogens with two attached hydrogens (primary N) is 1. The van der Waals surface area contributed by atoms with E-state index < -0.39 is 0 Å². The maximum absolute atomic E-state index is 13.1. The molecule has 1 aromatic heterocycles. The van der Waals surface area contributed by atoms with Gasteiger partial charge in [-0.1, -0.05) is 42.5 Å². The summed E-state index contributed by atoms with van der Waals surface area (Å²) in [6, 6.07) is 17.3. The highest BCUT2D eigenvalue weighted by molar-refractivity contribution is 5.95. The maximum atomic E-state index is 13.1. The zero-order valence-corrected chi connectivity index (χ0v) is 15.2. The second-order valence-corrected chi connectivity index (χ2v) is 7.04. The average molecular weight is 362 g/mol. The van der Waals surface area contributed by atoms with E-state index in [1.165, 1.54) is 5.56 Å². The van der Waals surface area contributed by atoms with E-state index in [0.29, 0.717) is 30.5 Å². The van der Waals surface area contributed by atoms with Gasteiger partial charge in [-0.3, -0.25) is 14.3 Å². The molecule has 1 amide bonds. The lowest BCUT2D eigenvalue weighted by atomic mass is 9.89. The Morgan fingerprint density at radius 1 is 1.11 bits per heavy atom. The molecular weight excluding hydrogens is 340 g/mol. The smallest absolute Gasteiger partial charge is 0.278 e. The van der Waals surface area contributed by atoms with Gasteiger partial charge >= 0.3 is 0 Å². The van der Waals surface area contributed by atoms with Crippen LogP contribution in [-0.2, 0) is 7.05 Å². The molecule has 27 heavy (non-hydrogen) atoms. The molecule has 1 aliphatic rings. The number of rotatable bonds is 3. The van der Waals surface area contributed by atoms with Crippen LogP contribution in [0.1, 0.15) is 22.0 Å². The third-order valence-electron chi connectivity index (χ3n) is 5.42. The lowest BCUT2D eigenvalue weighted by Gasteiger charge is -2.17. The maximum Gasteiger partial charge on any atom is 0.278 e. The van der Waals surface area contributed by atoms with Crippen LogP contribution >= 0.6 is 0 Å². The van der Waals surface area contributed by atoms with Gasteiger partial charge < -0.3 is 10.6 Å². The van der Waals surface area contributed by atoms with Crippen molar-refractivity contribution in [3.05, 3.63) is 76.1 Å². The van der Waals surface area contributed by atoms with Crippen molar-refractivity contribution in [1.82, 2.24) is 14.7 Å². The number of aryl methyl sites for hydroxylation is 1. The van der Waals surface area contributed by atoms with Crippen molar-refractivity contribution >= 4 is 16.8 Å². The molecular formula is C21H22N4O2. The van der Waals surface area contributed by atoms with E-state index >= 15 is 0 Å². The minimum absolute atomic E-state index is 0.0271. The van der Waals surface area contributed by atoms with Crippen LogP contribution in [0.15, 0.2) is 59.4 Å². The Morgan fingerprint density at radius 3 is 2.56 bits per heavy atom. The zero-order valence-electron chi connectivity index (χ0n) is 15.2. The fourth-order valence-corrected chi connectivity index (χ4v) is 3.97. The van der Waals surface area contributed by atoms with Gasteiger partial charge in [0.2, 0.25) is 5.43 Å². The highest BCUT2D eigenvalue weighted by atomic mass is 16.2. The van der Waals surface area contributed by atoms with Gasteiger partial charge in [-0.15, -0.1) is 0 Å².